The zero-order chi connectivity index (χ0) is 17.6. The van der Waals surface area contributed by atoms with Gasteiger partial charge in [0, 0.05) is 11.4 Å². The summed E-state index contributed by atoms with van der Waals surface area (Å²) in [6.07, 6.45) is 3.24. The molecule has 9 heteroatoms. The number of thiazole rings is 1. The van der Waals surface area contributed by atoms with Gasteiger partial charge >= 0.3 is 4.87 Å². The quantitative estimate of drug-likeness (QED) is 0.640. The highest BCUT2D eigenvalue weighted by Gasteiger charge is 2.07. The Hall–Kier alpha value is -2.48. The van der Waals surface area contributed by atoms with E-state index in [0.717, 1.165) is 16.6 Å². The third-order valence-electron chi connectivity index (χ3n) is 3.45. The van der Waals surface area contributed by atoms with Gasteiger partial charge in [-0.3, -0.25) is 14.8 Å². The molecule has 1 aliphatic heterocycles. The van der Waals surface area contributed by atoms with Gasteiger partial charge in [-0.1, -0.05) is 34.5 Å². The summed E-state index contributed by atoms with van der Waals surface area (Å²) in [6, 6.07) is 6.90. The molecule has 0 saturated heterocycles. The van der Waals surface area contributed by atoms with Crippen molar-refractivity contribution in [3.05, 3.63) is 76.3 Å². The maximum absolute atomic E-state index is 11.2. The number of aromatic nitrogens is 2. The standard InChI is InChI=1S/C16H8Cl2N4O2S/c17-9-4-11-12(5-10(9)18)21-14(20-11)7-1-2-8(19-6-7)3-13-15(23)22-16(24)25-13/h1-6,23H,(H,22,24)/b8-3+. The first-order chi connectivity index (χ1) is 12.0. The van der Waals surface area contributed by atoms with Crippen molar-refractivity contribution in [1.82, 2.24) is 9.97 Å². The van der Waals surface area contributed by atoms with Gasteiger partial charge in [0.1, 0.15) is 0 Å². The molecule has 0 amide bonds. The third-order valence-corrected chi connectivity index (χ3v) is 4.99. The zero-order valence-electron chi connectivity index (χ0n) is 12.3. The Morgan fingerprint density at radius 2 is 1.80 bits per heavy atom. The van der Waals surface area contributed by atoms with E-state index in [2.05, 4.69) is 20.0 Å². The molecule has 0 saturated carbocycles. The van der Waals surface area contributed by atoms with Crippen molar-refractivity contribution in [2.75, 3.05) is 0 Å². The van der Waals surface area contributed by atoms with Crippen molar-refractivity contribution < 1.29 is 5.11 Å². The van der Waals surface area contributed by atoms with Gasteiger partial charge in [-0.2, -0.15) is 0 Å². The Morgan fingerprint density at radius 3 is 2.32 bits per heavy atom. The van der Waals surface area contributed by atoms with Gasteiger partial charge in [-0.05, 0) is 30.3 Å². The Kier molecular flexibility index (Phi) is 3.91. The van der Waals surface area contributed by atoms with Crippen LogP contribution in [0.5, 0.6) is 5.88 Å². The van der Waals surface area contributed by atoms with E-state index in [0.29, 0.717) is 36.8 Å². The largest absolute Gasteiger partial charge is 0.493 e. The molecule has 0 bridgehead atoms. The summed E-state index contributed by atoms with van der Waals surface area (Å²) in [5.41, 5.74) is 0. The fourth-order valence-electron chi connectivity index (χ4n) is 2.27. The second kappa shape index (κ2) is 6.11. The summed E-state index contributed by atoms with van der Waals surface area (Å²) in [7, 11) is 0. The number of aromatic amines is 1. The van der Waals surface area contributed by atoms with Gasteiger partial charge in [0.05, 0.1) is 31.0 Å². The van der Waals surface area contributed by atoms with E-state index in [1.165, 1.54) is 0 Å². The molecule has 2 N–H and O–H groups in total. The molecule has 6 nitrogen and oxygen atoms in total. The first-order valence-electron chi connectivity index (χ1n) is 7.02. The molecule has 3 aromatic rings. The number of H-pyrrole nitrogens is 1. The lowest BCUT2D eigenvalue weighted by molar-refractivity contribution is 0.455. The number of fused-ring (bicyclic) bond motifs is 1. The van der Waals surface area contributed by atoms with E-state index in [1.54, 1.807) is 30.5 Å². The second-order valence-electron chi connectivity index (χ2n) is 5.15. The first kappa shape index (κ1) is 16.0. The third kappa shape index (κ3) is 3.09. The Morgan fingerprint density at radius 1 is 1.12 bits per heavy atom. The lowest BCUT2D eigenvalue weighted by Gasteiger charge is -1.91. The van der Waals surface area contributed by atoms with Crippen LogP contribution in [0.25, 0.3) is 11.9 Å². The lowest BCUT2D eigenvalue weighted by atomic mass is 10.3. The molecule has 25 heavy (non-hydrogen) atoms. The molecule has 0 aliphatic carbocycles. The molecule has 0 unspecified atom stereocenters. The van der Waals surface area contributed by atoms with Crippen molar-refractivity contribution in [3.63, 3.8) is 0 Å². The fourth-order valence-corrected chi connectivity index (χ4v) is 3.26. The van der Waals surface area contributed by atoms with Crippen LogP contribution >= 0.6 is 34.5 Å². The van der Waals surface area contributed by atoms with E-state index in [9.17, 15) is 9.90 Å². The molecule has 3 heterocycles. The summed E-state index contributed by atoms with van der Waals surface area (Å²) in [6.45, 7) is 0. The molecule has 1 aromatic carbocycles. The number of benzene rings is 1. The molecule has 124 valence electrons. The molecule has 1 aliphatic rings. The van der Waals surface area contributed by atoms with Crippen molar-refractivity contribution in [2.45, 2.75) is 0 Å². The Labute approximate surface area is 153 Å². The van der Waals surface area contributed by atoms with Crippen molar-refractivity contribution in [1.29, 1.82) is 0 Å². The lowest BCUT2D eigenvalue weighted by Crippen LogP contribution is -2.20. The van der Waals surface area contributed by atoms with Crippen LogP contribution in [0.3, 0.4) is 0 Å². The molecule has 2 aromatic heterocycles. The number of halogens is 2. The molecule has 0 spiro atoms. The van der Waals surface area contributed by atoms with E-state index in [4.69, 9.17) is 23.2 Å². The van der Waals surface area contributed by atoms with Gasteiger partial charge in [0.15, 0.2) is 5.82 Å². The van der Waals surface area contributed by atoms with Crippen LogP contribution in [0.1, 0.15) is 4.88 Å². The molecule has 4 rings (SSSR count). The van der Waals surface area contributed by atoms with Crippen LogP contribution in [0.4, 0.5) is 0 Å². The minimum Gasteiger partial charge on any atom is -0.493 e. The maximum atomic E-state index is 11.2. The zero-order valence-corrected chi connectivity index (χ0v) is 14.7. The first-order valence-corrected chi connectivity index (χ1v) is 8.59. The highest BCUT2D eigenvalue weighted by molar-refractivity contribution is 7.10. The van der Waals surface area contributed by atoms with E-state index in [-0.39, 0.29) is 10.8 Å². The minimum absolute atomic E-state index is 0.166. The monoisotopic (exact) mass is 390 g/mol. The average Bonchev–Trinajstić information content (AvgIpc) is 3.11. The molecular formula is C16H8Cl2N4O2S. The molecule has 0 atom stereocenters. The molecule has 0 fully saturated rings. The van der Waals surface area contributed by atoms with Crippen LogP contribution in [0.2, 0.25) is 10.0 Å². The van der Waals surface area contributed by atoms with Gasteiger partial charge in [0.2, 0.25) is 5.88 Å². The SMILES string of the molecule is O=c1[nH]c(O)c(/C=c2\ccc(=C3N=c4cc(Cl)c(Cl)cc4=N3)cn2)s1. The van der Waals surface area contributed by atoms with E-state index >= 15 is 0 Å². The fraction of sp³-hybridized carbons (Fsp3) is 0. The highest BCUT2D eigenvalue weighted by atomic mass is 35.5. The Bertz CT molecular complexity index is 1240. The summed E-state index contributed by atoms with van der Waals surface area (Å²) >= 11 is 12.9. The van der Waals surface area contributed by atoms with Gasteiger partial charge in [0.25, 0.3) is 0 Å². The van der Waals surface area contributed by atoms with E-state index < -0.39 is 0 Å². The van der Waals surface area contributed by atoms with Crippen LogP contribution in [-0.2, 0) is 0 Å². The average molecular weight is 391 g/mol. The number of rotatable bonds is 1. The highest BCUT2D eigenvalue weighted by Crippen LogP contribution is 2.17. The summed E-state index contributed by atoms with van der Waals surface area (Å²) in [5, 5.41) is 13.1. The van der Waals surface area contributed by atoms with Gasteiger partial charge in [-0.15, -0.1) is 0 Å². The van der Waals surface area contributed by atoms with Gasteiger partial charge < -0.3 is 5.11 Å². The van der Waals surface area contributed by atoms with Crippen molar-refractivity contribution in [2.24, 2.45) is 9.98 Å². The molecular weight excluding hydrogens is 383 g/mol. The predicted octanol–water partition coefficient (Wildman–Crippen LogP) is 0.691. The Balaban J connectivity index is 1.81. The van der Waals surface area contributed by atoms with Crippen LogP contribution < -0.4 is 26.2 Å². The van der Waals surface area contributed by atoms with Crippen molar-refractivity contribution >= 4 is 46.4 Å². The van der Waals surface area contributed by atoms with E-state index in [1.807, 2.05) is 6.07 Å². The summed E-state index contributed by atoms with van der Waals surface area (Å²) < 4.78 is 0. The number of hydrogen-bond donors (Lipinski definition) is 2. The smallest absolute Gasteiger partial charge is 0.307 e. The second-order valence-corrected chi connectivity index (χ2v) is 6.97. The minimum atomic E-state index is -0.324. The topological polar surface area (TPSA) is 90.7 Å². The summed E-state index contributed by atoms with van der Waals surface area (Å²) in [4.78, 5) is 26.8. The number of nitrogens with zero attached hydrogens (tertiary/aromatic N) is 3. The maximum Gasteiger partial charge on any atom is 0.307 e. The van der Waals surface area contributed by atoms with Crippen LogP contribution in [-0.4, -0.2) is 15.1 Å². The van der Waals surface area contributed by atoms with Gasteiger partial charge in [-0.25, -0.2) is 9.98 Å². The number of nitrogens with one attached hydrogen (secondary N) is 1. The number of pyridine rings is 1. The number of hydrogen-bond acceptors (Lipinski definition) is 6. The molecule has 0 radical (unpaired) electrons. The predicted molar refractivity (Wildman–Crippen MR) is 95.8 cm³/mol. The van der Waals surface area contributed by atoms with Crippen LogP contribution in [0.15, 0.2) is 45.2 Å². The summed E-state index contributed by atoms with van der Waals surface area (Å²) in [5.74, 6) is 0.349. The number of aromatic hydroxyl groups is 1. The van der Waals surface area contributed by atoms with Crippen molar-refractivity contribution in [3.8, 4) is 5.88 Å². The van der Waals surface area contributed by atoms with Crippen LogP contribution in [0, 0.1) is 0 Å². The normalized spacial score (nSPS) is 13.5.